The summed E-state index contributed by atoms with van der Waals surface area (Å²) in [4.78, 5) is 51.1. The fourth-order valence-electron chi connectivity index (χ4n) is 3.45. The van der Waals surface area contributed by atoms with Gasteiger partial charge in [0.15, 0.2) is 23.1 Å². The molecule has 3 rings (SSSR count). The molecule has 2 aliphatic rings. The summed E-state index contributed by atoms with van der Waals surface area (Å²) in [6, 6.07) is 4.82. The first-order chi connectivity index (χ1) is 13.8. The summed E-state index contributed by atoms with van der Waals surface area (Å²) in [6.45, 7) is 3.15. The van der Waals surface area contributed by atoms with Gasteiger partial charge in [-0.1, -0.05) is 12.1 Å². The van der Waals surface area contributed by atoms with E-state index in [2.05, 4.69) is 10.6 Å². The second-order valence-electron chi connectivity index (χ2n) is 6.63. The van der Waals surface area contributed by atoms with Crippen molar-refractivity contribution in [2.75, 3.05) is 14.2 Å². The lowest BCUT2D eigenvalue weighted by molar-refractivity contribution is -0.129. The number of allylic oxidation sites excluding steroid dienone is 4. The highest BCUT2D eigenvalue weighted by atomic mass is 16.5. The van der Waals surface area contributed by atoms with E-state index in [1.54, 1.807) is 32.0 Å². The fraction of sp³-hybridized carbons (Fsp3) is 0.238. The van der Waals surface area contributed by atoms with E-state index < -0.39 is 29.3 Å². The number of amides is 2. The Morgan fingerprint density at radius 3 is 2.21 bits per heavy atom. The van der Waals surface area contributed by atoms with Crippen molar-refractivity contribution >= 4 is 29.0 Å². The van der Waals surface area contributed by atoms with Crippen molar-refractivity contribution in [1.82, 2.24) is 10.6 Å². The Morgan fingerprint density at radius 2 is 1.62 bits per heavy atom. The minimum Gasteiger partial charge on any atom is -0.493 e. The van der Waals surface area contributed by atoms with Gasteiger partial charge in [-0.2, -0.15) is 0 Å². The first-order valence-electron chi connectivity index (χ1n) is 8.81. The smallest absolute Gasteiger partial charge is 0.259 e. The van der Waals surface area contributed by atoms with E-state index in [-0.39, 0.29) is 22.5 Å². The normalized spacial score (nSPS) is 21.0. The Kier molecular flexibility index (Phi) is 5.36. The van der Waals surface area contributed by atoms with Crippen LogP contribution in [0.3, 0.4) is 0 Å². The molecule has 1 aromatic carbocycles. The molecule has 150 valence electrons. The summed E-state index contributed by atoms with van der Waals surface area (Å²) in [6.07, 6.45) is 2.52. The van der Waals surface area contributed by atoms with Crippen LogP contribution < -0.4 is 20.1 Å². The van der Waals surface area contributed by atoms with Crippen LogP contribution in [0.2, 0.25) is 0 Å². The third-order valence-corrected chi connectivity index (χ3v) is 4.61. The molecule has 0 spiro atoms. The number of hydrogen-bond donors (Lipinski definition) is 2. The van der Waals surface area contributed by atoms with Crippen LogP contribution in [-0.4, -0.2) is 37.6 Å². The second-order valence-corrected chi connectivity index (χ2v) is 6.63. The average Bonchev–Trinajstić information content (AvgIpc) is 2.64. The number of hydrogen-bond acceptors (Lipinski definition) is 6. The maximum Gasteiger partial charge on any atom is 0.259 e. The van der Waals surface area contributed by atoms with Gasteiger partial charge in [0.05, 0.1) is 19.8 Å². The van der Waals surface area contributed by atoms with Gasteiger partial charge < -0.3 is 20.1 Å². The molecule has 8 nitrogen and oxygen atoms in total. The summed E-state index contributed by atoms with van der Waals surface area (Å²) in [5.41, 5.74) is 0.686. The zero-order valence-electron chi connectivity index (χ0n) is 16.4. The largest absolute Gasteiger partial charge is 0.493 e. The van der Waals surface area contributed by atoms with Gasteiger partial charge >= 0.3 is 0 Å². The summed E-state index contributed by atoms with van der Waals surface area (Å²) in [7, 11) is 2.83. The van der Waals surface area contributed by atoms with Gasteiger partial charge in [0.1, 0.15) is 5.92 Å². The summed E-state index contributed by atoms with van der Waals surface area (Å²) < 4.78 is 10.7. The van der Waals surface area contributed by atoms with Crippen molar-refractivity contribution in [3.63, 3.8) is 0 Å². The molecule has 0 saturated heterocycles. The van der Waals surface area contributed by atoms with Crippen LogP contribution >= 0.6 is 0 Å². The van der Waals surface area contributed by atoms with E-state index in [4.69, 9.17) is 9.47 Å². The number of methoxy groups -OCH3 is 2. The average molecular weight is 396 g/mol. The van der Waals surface area contributed by atoms with Crippen LogP contribution in [0.15, 0.2) is 47.3 Å². The molecule has 0 radical (unpaired) electrons. The Hall–Kier alpha value is -3.68. The first-order valence-corrected chi connectivity index (χ1v) is 8.81. The van der Waals surface area contributed by atoms with E-state index in [1.807, 2.05) is 0 Å². The number of nitrogens with one attached hydrogen (secondary N) is 2. The van der Waals surface area contributed by atoms with Crippen molar-refractivity contribution in [3.05, 3.63) is 52.9 Å². The molecule has 0 saturated carbocycles. The number of carbonyl (C=O) groups excluding carboxylic acids is 4. The highest BCUT2D eigenvalue weighted by molar-refractivity contribution is 6.33. The van der Waals surface area contributed by atoms with Gasteiger partial charge in [-0.15, -0.1) is 0 Å². The molecule has 2 heterocycles. The van der Waals surface area contributed by atoms with Gasteiger partial charge in [0, 0.05) is 34.7 Å². The standard InChI is InChI=1S/C21H20N2O6/c1-10-8-13(24)17(20(26)22-10)16(18-14(25)9-11(2)23-21(18)27)12-6-5-7-15(28-3)19(12)29-4/h5-9,17H,1-4H3,(H,22,26)(H,23,27)/b18-16-. The molecule has 0 aliphatic carbocycles. The maximum absolute atomic E-state index is 12.8. The molecule has 1 unspecified atom stereocenters. The van der Waals surface area contributed by atoms with E-state index in [0.29, 0.717) is 17.1 Å². The molecule has 1 aromatic rings. The monoisotopic (exact) mass is 396 g/mol. The quantitative estimate of drug-likeness (QED) is 0.451. The van der Waals surface area contributed by atoms with Crippen molar-refractivity contribution in [2.24, 2.45) is 5.92 Å². The van der Waals surface area contributed by atoms with Gasteiger partial charge in [-0.05, 0) is 19.9 Å². The maximum atomic E-state index is 12.8. The number of carbonyl (C=O) groups is 4. The Bertz CT molecular complexity index is 1030. The predicted molar refractivity (Wildman–Crippen MR) is 104 cm³/mol. The van der Waals surface area contributed by atoms with Crippen molar-refractivity contribution in [3.8, 4) is 11.5 Å². The molecule has 2 amide bonds. The number of rotatable bonds is 4. The van der Waals surface area contributed by atoms with E-state index in [0.717, 1.165) is 0 Å². The fourth-order valence-corrected chi connectivity index (χ4v) is 3.45. The Balaban J connectivity index is 2.38. The third-order valence-electron chi connectivity index (χ3n) is 4.61. The first kappa shape index (κ1) is 20.1. The topological polar surface area (TPSA) is 111 Å². The van der Waals surface area contributed by atoms with Crippen molar-refractivity contribution < 1.29 is 28.7 Å². The number of ether oxygens (including phenoxy) is 2. The van der Waals surface area contributed by atoms with Crippen LogP contribution in [0.5, 0.6) is 11.5 Å². The zero-order valence-corrected chi connectivity index (χ0v) is 16.4. The van der Waals surface area contributed by atoms with Crippen LogP contribution in [0.25, 0.3) is 5.57 Å². The van der Waals surface area contributed by atoms with E-state index >= 15 is 0 Å². The van der Waals surface area contributed by atoms with Crippen LogP contribution in [-0.2, 0) is 19.2 Å². The third kappa shape index (κ3) is 3.56. The summed E-state index contributed by atoms with van der Waals surface area (Å²) >= 11 is 0. The van der Waals surface area contributed by atoms with Gasteiger partial charge in [-0.25, -0.2) is 0 Å². The molecule has 2 N–H and O–H groups in total. The number of para-hydroxylation sites is 1. The second kappa shape index (κ2) is 7.75. The summed E-state index contributed by atoms with van der Waals surface area (Å²) in [5, 5.41) is 5.16. The molecule has 0 bridgehead atoms. The molecule has 8 heteroatoms. The minimum atomic E-state index is -1.39. The van der Waals surface area contributed by atoms with Crippen LogP contribution in [0.1, 0.15) is 19.4 Å². The predicted octanol–water partition coefficient (Wildman–Crippen LogP) is 1.28. The lowest BCUT2D eigenvalue weighted by Gasteiger charge is -2.27. The highest BCUT2D eigenvalue weighted by Crippen LogP contribution is 2.41. The molecule has 0 fully saturated rings. The van der Waals surface area contributed by atoms with Crippen LogP contribution in [0, 0.1) is 5.92 Å². The highest BCUT2D eigenvalue weighted by Gasteiger charge is 2.40. The Labute approximate surface area is 167 Å². The van der Waals surface area contributed by atoms with Crippen LogP contribution in [0.4, 0.5) is 0 Å². The minimum absolute atomic E-state index is 0.0294. The van der Waals surface area contributed by atoms with Gasteiger partial charge in [-0.3, -0.25) is 19.2 Å². The molecule has 2 aliphatic heterocycles. The van der Waals surface area contributed by atoms with Gasteiger partial charge in [0.2, 0.25) is 5.91 Å². The molecule has 29 heavy (non-hydrogen) atoms. The molecular formula is C21H20N2O6. The number of benzene rings is 1. The zero-order chi connectivity index (χ0) is 21.3. The molecular weight excluding hydrogens is 376 g/mol. The Morgan fingerprint density at radius 1 is 0.931 bits per heavy atom. The number of ketones is 2. The van der Waals surface area contributed by atoms with Crippen molar-refractivity contribution in [1.29, 1.82) is 0 Å². The lowest BCUT2D eigenvalue weighted by Crippen LogP contribution is -2.41. The SMILES string of the molecule is COc1cccc(/C(=C2\C(=O)C=C(C)NC2=O)C2C(=O)C=C(C)NC2=O)c1OC. The van der Waals surface area contributed by atoms with E-state index in [1.165, 1.54) is 26.4 Å². The molecule has 1 atom stereocenters. The van der Waals surface area contributed by atoms with Gasteiger partial charge in [0.25, 0.3) is 5.91 Å². The van der Waals surface area contributed by atoms with E-state index in [9.17, 15) is 19.2 Å². The lowest BCUT2D eigenvalue weighted by atomic mass is 9.80. The molecule has 0 aromatic heterocycles. The van der Waals surface area contributed by atoms with Crippen molar-refractivity contribution in [2.45, 2.75) is 13.8 Å². The summed E-state index contributed by atoms with van der Waals surface area (Å²) in [5.74, 6) is -3.32.